The number of fused-ring (bicyclic) bond motifs is 1. The van der Waals surface area contributed by atoms with Crippen molar-refractivity contribution < 1.29 is 19.9 Å². The van der Waals surface area contributed by atoms with Crippen LogP contribution in [0.2, 0.25) is 6.32 Å². The molecular formula is C19H29BN2O4. The van der Waals surface area contributed by atoms with Gasteiger partial charge in [-0.25, -0.2) is 0 Å². The van der Waals surface area contributed by atoms with Crippen LogP contribution in [-0.2, 0) is 17.6 Å². The summed E-state index contributed by atoms with van der Waals surface area (Å²) < 4.78 is 0. The van der Waals surface area contributed by atoms with E-state index < -0.39 is 18.6 Å². The van der Waals surface area contributed by atoms with Crippen LogP contribution in [0.5, 0.6) is 0 Å². The van der Waals surface area contributed by atoms with Crippen molar-refractivity contribution in [2.75, 3.05) is 0 Å². The number of carboxylic acid groups (broad SMARTS) is 1. The largest absolute Gasteiger partial charge is 0.480 e. The second kappa shape index (κ2) is 8.09. The van der Waals surface area contributed by atoms with Crippen LogP contribution in [0.4, 0.5) is 0 Å². The second-order valence-corrected chi connectivity index (χ2v) is 7.98. The van der Waals surface area contributed by atoms with E-state index in [0.717, 1.165) is 25.7 Å². The number of unbranched alkanes of at least 4 members (excludes halogenated alkanes) is 1. The molecule has 0 aromatic heterocycles. The minimum Gasteiger partial charge on any atom is -0.480 e. The Kier molecular flexibility index (Phi) is 6.02. The summed E-state index contributed by atoms with van der Waals surface area (Å²) in [5.41, 5.74) is 7.85. The van der Waals surface area contributed by atoms with Gasteiger partial charge in [0.05, 0.1) is 0 Å². The topological polar surface area (TPSA) is 116 Å². The average Bonchev–Trinajstić information content (AvgIpc) is 2.96. The molecule has 0 amide bonds. The molecule has 26 heavy (non-hydrogen) atoms. The van der Waals surface area contributed by atoms with Gasteiger partial charge in [0.1, 0.15) is 5.54 Å². The number of nitrogens with one attached hydrogen (secondary N) is 1. The number of rotatable bonds is 9. The Morgan fingerprint density at radius 2 is 1.77 bits per heavy atom. The molecule has 1 atom stereocenters. The van der Waals surface area contributed by atoms with Crippen LogP contribution in [0, 0.1) is 5.92 Å². The quantitative estimate of drug-likeness (QED) is 0.331. The number of nitrogens with two attached hydrogens (primary N) is 1. The number of hydrogen-bond acceptors (Lipinski definition) is 5. The van der Waals surface area contributed by atoms with Crippen LogP contribution in [0.1, 0.15) is 43.2 Å². The molecule has 0 spiro atoms. The summed E-state index contributed by atoms with van der Waals surface area (Å²) in [6, 6.07) is 9.28. The Balaban J connectivity index is 1.45. The number of carbonyl (C=O) groups is 1. The van der Waals surface area contributed by atoms with E-state index in [-0.39, 0.29) is 12.2 Å². The third kappa shape index (κ3) is 4.28. The van der Waals surface area contributed by atoms with Crippen LogP contribution in [-0.4, -0.2) is 45.9 Å². The fraction of sp³-hybridized carbons (Fsp3) is 0.632. The first kappa shape index (κ1) is 19.4. The molecule has 1 saturated carbocycles. The van der Waals surface area contributed by atoms with E-state index in [1.807, 2.05) is 0 Å². The fourth-order valence-corrected chi connectivity index (χ4v) is 4.41. The SMILES string of the molecule is NC(CCCCB(O)O)(C(=O)O)C1CC(NC2Cc3ccccc3C2)C1. The molecule has 1 fully saturated rings. The third-order valence-electron chi connectivity index (χ3n) is 6.09. The lowest BCUT2D eigenvalue weighted by atomic mass is 9.66. The molecule has 0 aliphatic heterocycles. The smallest absolute Gasteiger partial charge is 0.451 e. The molecule has 2 aliphatic rings. The van der Waals surface area contributed by atoms with Gasteiger partial charge in [0, 0.05) is 12.1 Å². The minimum atomic E-state index is -1.33. The first-order valence-corrected chi connectivity index (χ1v) is 9.59. The van der Waals surface area contributed by atoms with E-state index in [2.05, 4.69) is 29.6 Å². The molecule has 6 nitrogen and oxygen atoms in total. The highest BCUT2D eigenvalue weighted by Gasteiger charge is 2.48. The molecule has 3 rings (SSSR count). The van der Waals surface area contributed by atoms with Gasteiger partial charge in [-0.2, -0.15) is 0 Å². The molecule has 6 N–H and O–H groups in total. The number of benzene rings is 1. The minimum absolute atomic E-state index is 0.0275. The van der Waals surface area contributed by atoms with Crippen molar-refractivity contribution in [1.82, 2.24) is 5.32 Å². The number of carboxylic acids is 1. The first-order chi connectivity index (χ1) is 12.4. The van der Waals surface area contributed by atoms with Crippen molar-refractivity contribution in [2.45, 2.75) is 68.9 Å². The molecule has 0 saturated heterocycles. The van der Waals surface area contributed by atoms with Gasteiger partial charge < -0.3 is 26.2 Å². The maximum atomic E-state index is 11.7. The van der Waals surface area contributed by atoms with Gasteiger partial charge in [0.2, 0.25) is 0 Å². The molecule has 0 heterocycles. The third-order valence-corrected chi connectivity index (χ3v) is 6.09. The van der Waals surface area contributed by atoms with Gasteiger partial charge in [-0.3, -0.25) is 4.79 Å². The molecule has 1 unspecified atom stereocenters. The summed E-state index contributed by atoms with van der Waals surface area (Å²) in [5, 5.41) is 31.1. The Labute approximate surface area is 154 Å². The van der Waals surface area contributed by atoms with Crippen molar-refractivity contribution in [3.8, 4) is 0 Å². The van der Waals surface area contributed by atoms with E-state index in [1.54, 1.807) is 0 Å². The average molecular weight is 360 g/mol. The van der Waals surface area contributed by atoms with Gasteiger partial charge in [-0.15, -0.1) is 0 Å². The Hall–Kier alpha value is -1.41. The van der Waals surface area contributed by atoms with E-state index in [9.17, 15) is 9.90 Å². The highest BCUT2D eigenvalue weighted by atomic mass is 16.4. The van der Waals surface area contributed by atoms with Crippen molar-refractivity contribution in [3.05, 3.63) is 35.4 Å². The Morgan fingerprint density at radius 1 is 1.15 bits per heavy atom. The van der Waals surface area contributed by atoms with Crippen LogP contribution in [0.3, 0.4) is 0 Å². The lowest BCUT2D eigenvalue weighted by molar-refractivity contribution is -0.148. The monoisotopic (exact) mass is 360 g/mol. The maximum absolute atomic E-state index is 11.7. The summed E-state index contributed by atoms with van der Waals surface area (Å²) in [6.45, 7) is 0. The zero-order valence-electron chi connectivity index (χ0n) is 15.1. The number of aliphatic carboxylic acids is 1. The zero-order valence-corrected chi connectivity index (χ0v) is 15.1. The van der Waals surface area contributed by atoms with Crippen LogP contribution in [0.15, 0.2) is 24.3 Å². The van der Waals surface area contributed by atoms with Crippen LogP contribution < -0.4 is 11.1 Å². The lowest BCUT2D eigenvalue weighted by Gasteiger charge is -2.45. The van der Waals surface area contributed by atoms with Crippen LogP contribution in [0.25, 0.3) is 0 Å². The predicted molar refractivity (Wildman–Crippen MR) is 101 cm³/mol. The first-order valence-electron chi connectivity index (χ1n) is 9.59. The highest BCUT2D eigenvalue weighted by Crippen LogP contribution is 2.39. The van der Waals surface area contributed by atoms with Crippen LogP contribution >= 0.6 is 0 Å². The summed E-state index contributed by atoms with van der Waals surface area (Å²) >= 11 is 0. The Morgan fingerprint density at radius 3 is 2.31 bits per heavy atom. The highest BCUT2D eigenvalue weighted by molar-refractivity contribution is 6.40. The maximum Gasteiger partial charge on any atom is 0.451 e. The van der Waals surface area contributed by atoms with Gasteiger partial charge >= 0.3 is 13.1 Å². The Bertz CT molecular complexity index is 611. The summed E-state index contributed by atoms with van der Waals surface area (Å²) in [6.07, 6.45) is 5.44. The van der Waals surface area contributed by atoms with Crippen molar-refractivity contribution in [1.29, 1.82) is 0 Å². The molecule has 1 aromatic carbocycles. The normalized spacial score (nSPS) is 24.6. The molecule has 7 heteroatoms. The predicted octanol–water partition coefficient (Wildman–Crippen LogP) is 0.947. The summed E-state index contributed by atoms with van der Waals surface area (Å²) in [7, 11) is -1.33. The zero-order chi connectivity index (χ0) is 18.7. The van der Waals surface area contributed by atoms with E-state index in [0.29, 0.717) is 31.3 Å². The van der Waals surface area contributed by atoms with Crippen molar-refractivity contribution in [2.24, 2.45) is 11.7 Å². The van der Waals surface area contributed by atoms with Crippen molar-refractivity contribution in [3.63, 3.8) is 0 Å². The second-order valence-electron chi connectivity index (χ2n) is 7.98. The molecule has 1 aromatic rings. The summed E-state index contributed by atoms with van der Waals surface area (Å²) in [4.78, 5) is 11.7. The van der Waals surface area contributed by atoms with E-state index >= 15 is 0 Å². The molecule has 0 bridgehead atoms. The molecule has 142 valence electrons. The molecular weight excluding hydrogens is 331 g/mol. The fourth-order valence-electron chi connectivity index (χ4n) is 4.41. The van der Waals surface area contributed by atoms with E-state index in [1.165, 1.54) is 11.1 Å². The summed E-state index contributed by atoms with van der Waals surface area (Å²) in [5.74, 6) is -0.973. The van der Waals surface area contributed by atoms with E-state index in [4.69, 9.17) is 15.8 Å². The van der Waals surface area contributed by atoms with Gasteiger partial charge in [0.25, 0.3) is 0 Å². The molecule has 2 aliphatic carbocycles. The van der Waals surface area contributed by atoms with Gasteiger partial charge in [-0.05, 0) is 55.5 Å². The van der Waals surface area contributed by atoms with Gasteiger partial charge in [-0.1, -0.05) is 37.1 Å². The standard InChI is InChI=1S/C19H29BN2O4/c21-19(18(23)24,7-3-4-8-20(25)26)15-11-17(12-15)22-16-9-13-5-1-2-6-14(13)10-16/h1-2,5-6,15-17,22,25-26H,3-4,7-12,21H2,(H,23,24). The lowest BCUT2D eigenvalue weighted by Crippen LogP contribution is -2.61. The number of hydrogen-bond donors (Lipinski definition) is 5. The van der Waals surface area contributed by atoms with Crippen molar-refractivity contribution >= 4 is 13.1 Å². The van der Waals surface area contributed by atoms with Gasteiger partial charge in [0.15, 0.2) is 0 Å². The molecule has 0 radical (unpaired) electrons.